The number of rotatable bonds is 5. The zero-order chi connectivity index (χ0) is 26.6. The highest BCUT2D eigenvalue weighted by Crippen LogP contribution is 2.33. The highest BCUT2D eigenvalue weighted by Gasteiger charge is 2.21. The number of aromatic nitrogens is 4. The summed E-state index contributed by atoms with van der Waals surface area (Å²) in [4.78, 5) is 27.8. The van der Waals surface area contributed by atoms with Gasteiger partial charge < -0.3 is 19.5 Å². The van der Waals surface area contributed by atoms with Crippen LogP contribution < -0.4 is 20.5 Å². The Balaban J connectivity index is 1.45. The number of aryl methyl sites for hydroxylation is 1. The Hall–Kier alpha value is -4.18. The predicted molar refractivity (Wildman–Crippen MR) is 148 cm³/mol. The smallest absolute Gasteiger partial charge is 0.271 e. The highest BCUT2D eigenvalue weighted by atomic mass is 19.1. The maximum atomic E-state index is 14.7. The third-order valence-electron chi connectivity index (χ3n) is 7.39. The first kappa shape index (κ1) is 24.2. The van der Waals surface area contributed by atoms with Crippen LogP contribution in [0.4, 0.5) is 21.7 Å². The molecule has 1 fully saturated rings. The van der Waals surface area contributed by atoms with E-state index in [4.69, 9.17) is 9.72 Å². The first-order valence-electron chi connectivity index (χ1n) is 12.8. The number of anilines is 3. The molecule has 1 N–H and O–H groups in total. The summed E-state index contributed by atoms with van der Waals surface area (Å²) in [6, 6.07) is 12.8. The van der Waals surface area contributed by atoms with E-state index in [1.54, 1.807) is 19.2 Å². The van der Waals surface area contributed by atoms with Crippen molar-refractivity contribution in [3.8, 4) is 5.75 Å². The van der Waals surface area contributed by atoms with Crippen molar-refractivity contribution in [2.75, 3.05) is 43.5 Å². The number of halogens is 1. The van der Waals surface area contributed by atoms with Gasteiger partial charge in [0.1, 0.15) is 22.6 Å². The molecule has 2 aromatic carbocycles. The molecule has 0 radical (unpaired) electrons. The second-order valence-electron chi connectivity index (χ2n) is 9.94. The standard InChI is InChI=1S/C28H30FN7O2/c1-17(2)34-12-14-35(15-13-34)18-8-9-21(23(16-18)38-4)31-28-32-25-19(10-11-33(25)3)26-30-22-7-5-6-20(29)24(22)27(37)36(26)28/h5-11,16-17H,12-15H2,1-4H3,(H,31,32). The highest BCUT2D eigenvalue weighted by molar-refractivity contribution is 5.94. The molecule has 0 spiro atoms. The first-order valence-corrected chi connectivity index (χ1v) is 12.8. The monoisotopic (exact) mass is 515 g/mol. The van der Waals surface area contributed by atoms with Crippen LogP contribution in [0.5, 0.6) is 5.75 Å². The number of piperazine rings is 1. The molecule has 5 aromatic rings. The lowest BCUT2D eigenvalue weighted by Crippen LogP contribution is -2.48. The number of benzene rings is 2. The minimum Gasteiger partial charge on any atom is -0.494 e. The van der Waals surface area contributed by atoms with Crippen molar-refractivity contribution in [1.82, 2.24) is 23.8 Å². The van der Waals surface area contributed by atoms with Crippen LogP contribution >= 0.6 is 0 Å². The van der Waals surface area contributed by atoms with Gasteiger partial charge in [0.15, 0.2) is 5.65 Å². The maximum absolute atomic E-state index is 14.7. The van der Waals surface area contributed by atoms with Gasteiger partial charge in [0.05, 0.1) is 23.7 Å². The summed E-state index contributed by atoms with van der Waals surface area (Å²) in [5, 5.41) is 3.90. The fraction of sp³-hybridized carbons (Fsp3) is 0.321. The van der Waals surface area contributed by atoms with Crippen molar-refractivity contribution in [2.45, 2.75) is 19.9 Å². The molecule has 0 bridgehead atoms. The zero-order valence-corrected chi connectivity index (χ0v) is 21.9. The van der Waals surface area contributed by atoms with Gasteiger partial charge in [-0.05, 0) is 44.2 Å². The van der Waals surface area contributed by atoms with Crippen LogP contribution in [0.1, 0.15) is 13.8 Å². The third-order valence-corrected chi connectivity index (χ3v) is 7.39. The number of nitrogens with zero attached hydrogens (tertiary/aromatic N) is 6. The molecular formula is C28H30FN7O2. The van der Waals surface area contributed by atoms with E-state index in [9.17, 15) is 9.18 Å². The number of nitrogens with one attached hydrogen (secondary N) is 1. The predicted octanol–water partition coefficient (Wildman–Crippen LogP) is 4.16. The number of hydrogen-bond donors (Lipinski definition) is 1. The molecule has 0 saturated carbocycles. The van der Waals surface area contributed by atoms with Crippen LogP contribution in [0.2, 0.25) is 0 Å². The number of ether oxygens (including phenoxy) is 1. The molecule has 1 aliphatic heterocycles. The van der Waals surface area contributed by atoms with E-state index in [2.05, 4.69) is 33.9 Å². The van der Waals surface area contributed by atoms with Crippen LogP contribution in [0.25, 0.3) is 27.6 Å². The quantitative estimate of drug-likeness (QED) is 0.352. The molecular weight excluding hydrogens is 485 g/mol. The summed E-state index contributed by atoms with van der Waals surface area (Å²) in [5.74, 6) is 0.227. The van der Waals surface area contributed by atoms with Gasteiger partial charge in [-0.3, -0.25) is 9.69 Å². The average molecular weight is 516 g/mol. The van der Waals surface area contributed by atoms with Crippen molar-refractivity contribution >= 4 is 44.9 Å². The maximum Gasteiger partial charge on any atom is 0.271 e. The summed E-state index contributed by atoms with van der Waals surface area (Å²) >= 11 is 0. The molecule has 38 heavy (non-hydrogen) atoms. The average Bonchev–Trinajstić information content (AvgIpc) is 3.29. The molecule has 196 valence electrons. The second-order valence-corrected chi connectivity index (χ2v) is 9.94. The Morgan fingerprint density at radius 2 is 1.82 bits per heavy atom. The topological polar surface area (TPSA) is 79.9 Å². The van der Waals surface area contributed by atoms with Gasteiger partial charge in [-0.2, -0.15) is 4.98 Å². The fourth-order valence-electron chi connectivity index (χ4n) is 5.23. The van der Waals surface area contributed by atoms with Gasteiger partial charge in [0, 0.05) is 57.2 Å². The minimum atomic E-state index is -0.618. The van der Waals surface area contributed by atoms with Gasteiger partial charge in [0.25, 0.3) is 5.56 Å². The van der Waals surface area contributed by atoms with Crippen molar-refractivity contribution in [3.05, 3.63) is 64.8 Å². The molecule has 1 saturated heterocycles. The van der Waals surface area contributed by atoms with E-state index in [0.29, 0.717) is 39.7 Å². The summed E-state index contributed by atoms with van der Waals surface area (Å²) < 4.78 is 23.7. The van der Waals surface area contributed by atoms with Crippen LogP contribution in [0.3, 0.4) is 0 Å². The van der Waals surface area contributed by atoms with Gasteiger partial charge in [0.2, 0.25) is 5.95 Å². The van der Waals surface area contributed by atoms with Crippen LogP contribution in [0.15, 0.2) is 53.5 Å². The van der Waals surface area contributed by atoms with Crippen molar-refractivity contribution in [1.29, 1.82) is 0 Å². The Morgan fingerprint density at radius 3 is 2.55 bits per heavy atom. The Kier molecular flexibility index (Phi) is 5.91. The number of fused-ring (bicyclic) bond motifs is 4. The lowest BCUT2D eigenvalue weighted by atomic mass is 10.2. The summed E-state index contributed by atoms with van der Waals surface area (Å²) in [5.41, 5.74) is 2.53. The first-order chi connectivity index (χ1) is 18.4. The van der Waals surface area contributed by atoms with Crippen LogP contribution in [-0.4, -0.2) is 63.2 Å². The number of hydrogen-bond acceptors (Lipinski definition) is 7. The van der Waals surface area contributed by atoms with E-state index in [1.807, 2.05) is 42.1 Å². The largest absolute Gasteiger partial charge is 0.494 e. The molecule has 0 amide bonds. The minimum absolute atomic E-state index is 0.0759. The lowest BCUT2D eigenvalue weighted by molar-refractivity contribution is 0.209. The van der Waals surface area contributed by atoms with Gasteiger partial charge in [-0.25, -0.2) is 13.8 Å². The summed E-state index contributed by atoms with van der Waals surface area (Å²) in [6.07, 6.45) is 1.86. The third kappa shape index (κ3) is 3.92. The molecule has 9 nitrogen and oxygen atoms in total. The SMILES string of the molecule is COc1cc(N2CCN(C(C)C)CC2)ccc1Nc1nc2c(ccn2C)c2nc3cccc(F)c3c(=O)n12. The zero-order valence-electron chi connectivity index (χ0n) is 21.9. The molecule has 3 aromatic heterocycles. The molecule has 6 rings (SSSR count). The van der Waals surface area contributed by atoms with Gasteiger partial charge in [-0.15, -0.1) is 0 Å². The van der Waals surface area contributed by atoms with E-state index in [1.165, 1.54) is 10.5 Å². The van der Waals surface area contributed by atoms with Crippen molar-refractivity contribution in [2.24, 2.45) is 7.05 Å². The Morgan fingerprint density at radius 1 is 1.03 bits per heavy atom. The fourth-order valence-corrected chi connectivity index (χ4v) is 5.23. The van der Waals surface area contributed by atoms with Crippen LogP contribution in [0, 0.1) is 5.82 Å². The molecule has 0 atom stereocenters. The normalized spacial score (nSPS) is 14.7. The number of methoxy groups -OCH3 is 1. The van der Waals surface area contributed by atoms with Crippen molar-refractivity contribution in [3.63, 3.8) is 0 Å². The van der Waals surface area contributed by atoms with Crippen LogP contribution in [-0.2, 0) is 7.05 Å². The Labute approximate surface area is 219 Å². The molecule has 4 heterocycles. The molecule has 1 aliphatic rings. The van der Waals surface area contributed by atoms with Gasteiger partial charge >= 0.3 is 0 Å². The van der Waals surface area contributed by atoms with E-state index >= 15 is 0 Å². The summed E-state index contributed by atoms with van der Waals surface area (Å²) in [7, 11) is 3.49. The van der Waals surface area contributed by atoms with E-state index in [0.717, 1.165) is 31.9 Å². The second kappa shape index (κ2) is 9.29. The Bertz CT molecular complexity index is 1740. The molecule has 0 aliphatic carbocycles. The summed E-state index contributed by atoms with van der Waals surface area (Å²) in [6.45, 7) is 8.33. The van der Waals surface area contributed by atoms with Crippen molar-refractivity contribution < 1.29 is 9.13 Å². The molecule has 10 heteroatoms. The van der Waals surface area contributed by atoms with Gasteiger partial charge in [-0.1, -0.05) is 6.07 Å². The van der Waals surface area contributed by atoms with E-state index < -0.39 is 11.4 Å². The van der Waals surface area contributed by atoms with E-state index in [-0.39, 0.29) is 11.3 Å². The molecule has 0 unspecified atom stereocenters. The lowest BCUT2D eigenvalue weighted by Gasteiger charge is -2.38.